The van der Waals surface area contributed by atoms with Crippen LogP contribution in [0, 0.1) is 25.4 Å². The van der Waals surface area contributed by atoms with Crippen LogP contribution >= 0.6 is 12.2 Å². The van der Waals surface area contributed by atoms with E-state index in [0.29, 0.717) is 4.64 Å². The summed E-state index contributed by atoms with van der Waals surface area (Å²) in [6, 6.07) is 3.92. The smallest absolute Gasteiger partial charge is 0.158 e. The van der Waals surface area contributed by atoms with Crippen molar-refractivity contribution in [1.29, 1.82) is 0 Å². The van der Waals surface area contributed by atoms with Crippen molar-refractivity contribution in [3.63, 3.8) is 0 Å². The lowest BCUT2D eigenvalue weighted by molar-refractivity contribution is 1.04. The van der Waals surface area contributed by atoms with E-state index in [1.54, 1.807) is 6.20 Å². The predicted molar refractivity (Wildman–Crippen MR) is 66.9 cm³/mol. The van der Waals surface area contributed by atoms with Crippen LogP contribution < -0.4 is 0 Å². The summed E-state index contributed by atoms with van der Waals surface area (Å²) in [4.78, 5) is 11.9. The van der Waals surface area contributed by atoms with Gasteiger partial charge in [0.15, 0.2) is 5.82 Å². The summed E-state index contributed by atoms with van der Waals surface area (Å²) in [6.45, 7) is 5.97. The second kappa shape index (κ2) is 4.14. The Morgan fingerprint density at radius 2 is 2.00 bits per heavy atom. The molecule has 0 radical (unpaired) electrons. The Kier molecular flexibility index (Phi) is 2.83. The van der Waals surface area contributed by atoms with E-state index in [2.05, 4.69) is 15.0 Å². The highest BCUT2D eigenvalue weighted by atomic mass is 32.1. The van der Waals surface area contributed by atoms with E-state index in [4.69, 9.17) is 12.2 Å². The average molecular weight is 231 g/mol. The van der Waals surface area contributed by atoms with Crippen LogP contribution in [0.1, 0.15) is 16.8 Å². The summed E-state index contributed by atoms with van der Waals surface area (Å²) in [5.74, 6) is 0.742. The molecule has 2 aromatic heterocycles. The average Bonchev–Trinajstić information content (AvgIpc) is 2.26. The molecular weight excluding hydrogens is 218 g/mol. The quantitative estimate of drug-likeness (QED) is 0.767. The van der Waals surface area contributed by atoms with E-state index >= 15 is 0 Å². The number of aromatic nitrogens is 3. The molecule has 0 spiro atoms. The summed E-state index contributed by atoms with van der Waals surface area (Å²) in [5, 5.41) is 0. The molecule has 82 valence electrons. The fourth-order valence-corrected chi connectivity index (χ4v) is 1.74. The molecule has 3 nitrogen and oxygen atoms in total. The van der Waals surface area contributed by atoms with Gasteiger partial charge in [0.25, 0.3) is 0 Å². The van der Waals surface area contributed by atoms with Crippen molar-refractivity contribution >= 4 is 12.2 Å². The second-order valence-electron chi connectivity index (χ2n) is 3.81. The molecule has 0 amide bonds. The molecule has 4 heteroatoms. The van der Waals surface area contributed by atoms with Crippen molar-refractivity contribution in [3.05, 3.63) is 39.8 Å². The molecule has 0 fully saturated rings. The van der Waals surface area contributed by atoms with Gasteiger partial charge in [-0.05, 0) is 32.4 Å². The summed E-state index contributed by atoms with van der Waals surface area (Å²) >= 11 is 5.21. The molecule has 0 bridgehead atoms. The molecule has 2 heterocycles. The SMILES string of the molecule is Cc1cccnc1-c1nc(=S)c(C)c(C)[nH]1. The number of nitrogens with one attached hydrogen (secondary N) is 1. The Balaban J connectivity index is 2.67. The van der Waals surface area contributed by atoms with Crippen molar-refractivity contribution in [3.8, 4) is 11.5 Å². The molecule has 1 N–H and O–H groups in total. The number of hydrogen-bond donors (Lipinski definition) is 1. The summed E-state index contributed by atoms with van der Waals surface area (Å²) in [6.07, 6.45) is 1.76. The molecule has 0 aromatic carbocycles. The third-order valence-electron chi connectivity index (χ3n) is 2.64. The Bertz CT molecular complexity index is 587. The standard InChI is InChI=1S/C12H13N3S/c1-7-5-4-6-13-10(7)11-14-9(3)8(2)12(16)15-11/h4-6H,1-3H3,(H,14,15,16). The van der Waals surface area contributed by atoms with E-state index in [9.17, 15) is 0 Å². The first-order valence-corrected chi connectivity index (χ1v) is 5.50. The molecule has 2 rings (SSSR count). The third-order valence-corrected chi connectivity index (χ3v) is 3.03. The van der Waals surface area contributed by atoms with Crippen molar-refractivity contribution in [2.45, 2.75) is 20.8 Å². The molecule has 0 unspecified atom stereocenters. The largest absolute Gasteiger partial charge is 0.342 e. The highest BCUT2D eigenvalue weighted by Crippen LogP contribution is 2.17. The number of rotatable bonds is 1. The minimum absolute atomic E-state index is 0.635. The Labute approximate surface area is 99.6 Å². The predicted octanol–water partition coefficient (Wildman–Crippen LogP) is 3.13. The van der Waals surface area contributed by atoms with Crippen LogP contribution in [0.25, 0.3) is 11.5 Å². The molecule has 2 aromatic rings. The molecule has 0 aliphatic heterocycles. The van der Waals surface area contributed by atoms with Crippen LogP contribution in [-0.2, 0) is 0 Å². The minimum atomic E-state index is 0.635. The van der Waals surface area contributed by atoms with Crippen molar-refractivity contribution < 1.29 is 0 Å². The van der Waals surface area contributed by atoms with Gasteiger partial charge in [-0.15, -0.1) is 0 Å². The number of aryl methyl sites for hydroxylation is 2. The number of nitrogens with zero attached hydrogens (tertiary/aromatic N) is 2. The highest BCUT2D eigenvalue weighted by Gasteiger charge is 2.07. The topological polar surface area (TPSA) is 41.6 Å². The van der Waals surface area contributed by atoms with Crippen molar-refractivity contribution in [2.75, 3.05) is 0 Å². The normalized spacial score (nSPS) is 10.4. The van der Waals surface area contributed by atoms with Gasteiger partial charge >= 0.3 is 0 Å². The fourth-order valence-electron chi connectivity index (χ4n) is 1.49. The Morgan fingerprint density at radius 1 is 1.25 bits per heavy atom. The first-order chi connectivity index (χ1) is 7.59. The molecule has 16 heavy (non-hydrogen) atoms. The molecule has 0 aliphatic rings. The maximum Gasteiger partial charge on any atom is 0.158 e. The van der Waals surface area contributed by atoms with Gasteiger partial charge in [-0.25, -0.2) is 4.98 Å². The van der Waals surface area contributed by atoms with Gasteiger partial charge < -0.3 is 4.98 Å². The van der Waals surface area contributed by atoms with E-state index < -0.39 is 0 Å². The van der Waals surface area contributed by atoms with Crippen molar-refractivity contribution in [2.24, 2.45) is 0 Å². The van der Waals surface area contributed by atoms with Gasteiger partial charge in [-0.1, -0.05) is 18.3 Å². The molecule has 0 atom stereocenters. The van der Waals surface area contributed by atoms with Crippen LogP contribution in [0.2, 0.25) is 0 Å². The van der Waals surface area contributed by atoms with Crippen LogP contribution in [0.4, 0.5) is 0 Å². The number of hydrogen-bond acceptors (Lipinski definition) is 3. The van der Waals surface area contributed by atoms with Gasteiger partial charge in [0.05, 0.1) is 0 Å². The maximum atomic E-state index is 5.21. The van der Waals surface area contributed by atoms with E-state index in [1.807, 2.05) is 32.9 Å². The summed E-state index contributed by atoms with van der Waals surface area (Å²) in [7, 11) is 0. The van der Waals surface area contributed by atoms with Crippen molar-refractivity contribution in [1.82, 2.24) is 15.0 Å². The van der Waals surface area contributed by atoms with E-state index in [-0.39, 0.29) is 0 Å². The van der Waals surface area contributed by atoms with Gasteiger partial charge in [0.1, 0.15) is 10.3 Å². The lowest BCUT2D eigenvalue weighted by Gasteiger charge is -2.07. The van der Waals surface area contributed by atoms with E-state index in [0.717, 1.165) is 28.3 Å². The van der Waals surface area contributed by atoms with Gasteiger partial charge in [-0.3, -0.25) is 4.98 Å². The lowest BCUT2D eigenvalue weighted by Crippen LogP contribution is -1.99. The Hall–Kier alpha value is -1.55. The highest BCUT2D eigenvalue weighted by molar-refractivity contribution is 7.71. The molecule has 0 saturated carbocycles. The maximum absolute atomic E-state index is 5.21. The lowest BCUT2D eigenvalue weighted by atomic mass is 10.2. The molecule has 0 aliphatic carbocycles. The second-order valence-corrected chi connectivity index (χ2v) is 4.20. The van der Waals surface area contributed by atoms with Crippen LogP contribution in [0.3, 0.4) is 0 Å². The zero-order valence-corrected chi connectivity index (χ0v) is 10.4. The molecule has 0 saturated heterocycles. The van der Waals surface area contributed by atoms with Crippen LogP contribution in [0.15, 0.2) is 18.3 Å². The fraction of sp³-hybridized carbons (Fsp3) is 0.250. The van der Waals surface area contributed by atoms with E-state index in [1.165, 1.54) is 0 Å². The summed E-state index contributed by atoms with van der Waals surface area (Å²) < 4.78 is 0.635. The van der Waals surface area contributed by atoms with Gasteiger partial charge in [0, 0.05) is 17.5 Å². The zero-order valence-electron chi connectivity index (χ0n) is 9.53. The molecular formula is C12H13N3S. The summed E-state index contributed by atoms with van der Waals surface area (Å²) in [5.41, 5.74) is 4.01. The van der Waals surface area contributed by atoms with Gasteiger partial charge in [-0.2, -0.15) is 0 Å². The number of H-pyrrole nitrogens is 1. The monoisotopic (exact) mass is 231 g/mol. The minimum Gasteiger partial charge on any atom is -0.342 e. The number of pyridine rings is 1. The van der Waals surface area contributed by atoms with Crippen LogP contribution in [-0.4, -0.2) is 15.0 Å². The van der Waals surface area contributed by atoms with Crippen LogP contribution in [0.5, 0.6) is 0 Å². The third kappa shape index (κ3) is 1.88. The number of aromatic amines is 1. The Morgan fingerprint density at radius 3 is 2.62 bits per heavy atom. The zero-order chi connectivity index (χ0) is 11.7. The first kappa shape index (κ1) is 11.0. The van der Waals surface area contributed by atoms with Gasteiger partial charge in [0.2, 0.25) is 0 Å². The first-order valence-electron chi connectivity index (χ1n) is 5.09.